The van der Waals surface area contributed by atoms with Gasteiger partial charge in [0.1, 0.15) is 11.6 Å². The third kappa shape index (κ3) is 49.5. The maximum Gasteiger partial charge on any atom is 0.130 e. The largest absolute Gasteiger partial charge is 0.300 e. The fourth-order valence-corrected chi connectivity index (χ4v) is 7.02. The molecule has 0 saturated heterocycles. The van der Waals surface area contributed by atoms with Gasteiger partial charge in [-0.15, -0.1) is 0 Å². The van der Waals surface area contributed by atoms with Crippen LogP contribution in [0, 0.1) is 47.3 Å². The first-order valence-electron chi connectivity index (χ1n) is 20.6. The summed E-state index contributed by atoms with van der Waals surface area (Å²) in [5, 5.41) is 0. The molecule has 0 heterocycles. The van der Waals surface area contributed by atoms with Gasteiger partial charge in [-0.1, -0.05) is 221 Å². The third-order valence-corrected chi connectivity index (χ3v) is 10.4. The summed E-state index contributed by atoms with van der Waals surface area (Å²) in [5.41, 5.74) is 0. The first kappa shape index (κ1) is 61.4. The van der Waals surface area contributed by atoms with E-state index >= 15 is 0 Å². The predicted molar refractivity (Wildman–Crippen MR) is 235 cm³/mol. The minimum absolute atomic E-state index is 0. The van der Waals surface area contributed by atoms with Crippen molar-refractivity contribution < 1.29 is 9.59 Å². The summed E-state index contributed by atoms with van der Waals surface area (Å²) in [6.07, 6.45) is 28.7. The van der Waals surface area contributed by atoms with Crippen LogP contribution in [-0.2, 0) is 9.59 Å². The van der Waals surface area contributed by atoms with Crippen LogP contribution in [-0.4, -0.2) is 11.6 Å². The lowest BCUT2D eigenvalue weighted by atomic mass is 9.90. The number of carbonyl (C=O) groups is 2. The molecule has 0 aromatic heterocycles. The lowest BCUT2D eigenvalue weighted by Crippen LogP contribution is -2.03. The quantitative estimate of drug-likeness (QED) is 0.0743. The number of rotatable bonds is 30. The van der Waals surface area contributed by atoms with E-state index in [1.807, 2.05) is 0 Å². The average Bonchev–Trinajstić information content (AvgIpc) is 2.92. The van der Waals surface area contributed by atoms with Gasteiger partial charge in [0.2, 0.25) is 0 Å². The van der Waals surface area contributed by atoms with Crippen molar-refractivity contribution in [3.05, 3.63) is 0 Å². The molecule has 6 unspecified atom stereocenters. The molecule has 6 atom stereocenters. The van der Waals surface area contributed by atoms with Gasteiger partial charge in [0, 0.05) is 12.8 Å². The fraction of sp³-hybridized carbons (Fsp3) is 0.958. The number of hydrogen-bond acceptors (Lipinski definition) is 2. The Kier molecular flexibility index (Phi) is 50.5. The van der Waals surface area contributed by atoms with Crippen molar-refractivity contribution >= 4 is 11.6 Å². The second-order valence-corrected chi connectivity index (χ2v) is 17.5. The van der Waals surface area contributed by atoms with E-state index in [1.54, 1.807) is 13.8 Å². The summed E-state index contributed by atoms with van der Waals surface area (Å²) in [4.78, 5) is 22.0. The Morgan fingerprint density at radius 2 is 0.540 bits per heavy atom. The molecule has 2 nitrogen and oxygen atoms in total. The molecule has 0 aliphatic carbocycles. The predicted octanol–water partition coefficient (Wildman–Crippen LogP) is 17.4. The molecule has 0 amide bonds. The van der Waals surface area contributed by atoms with Crippen LogP contribution in [0.3, 0.4) is 0 Å². The fourth-order valence-electron chi connectivity index (χ4n) is 7.02. The third-order valence-electron chi connectivity index (χ3n) is 10.4. The SMILES string of the molecule is C.C.C.C.CC(=O)CC(C)CCCC(C)CCCC(C)CCCC(C)C.CC(=O)CCCC(C)CCCC(C)CCCC(C)CCCC(C)C. The molecule has 0 aliphatic heterocycles. The van der Waals surface area contributed by atoms with Crippen molar-refractivity contribution in [1.82, 2.24) is 0 Å². The van der Waals surface area contributed by atoms with Gasteiger partial charge in [-0.05, 0) is 67.6 Å². The monoisotopic (exact) mass is 713 g/mol. The van der Waals surface area contributed by atoms with E-state index in [1.165, 1.54) is 122 Å². The van der Waals surface area contributed by atoms with Gasteiger partial charge in [-0.2, -0.15) is 0 Å². The van der Waals surface area contributed by atoms with Gasteiger partial charge < -0.3 is 9.59 Å². The normalized spacial score (nSPS) is 14.4. The standard InChI is InChI=1S/C23H46O.C21H42O.4CH4/c1-19(2)11-7-12-20(3)13-8-14-21(4)15-9-16-22(5)17-10-18-23(6)24;1-17(2)10-7-11-18(3)12-8-13-19(4)14-9-15-20(5)16-21(6)22;;;;/h19-22H,7-18H2,1-6H3;17-20H,7-16H2,1-6H3;4*1H4. The summed E-state index contributed by atoms with van der Waals surface area (Å²) in [6.45, 7) is 27.0. The molecular weight excluding hydrogens is 609 g/mol. The highest BCUT2D eigenvalue weighted by Gasteiger charge is 2.10. The van der Waals surface area contributed by atoms with Gasteiger partial charge in [-0.3, -0.25) is 0 Å². The van der Waals surface area contributed by atoms with Crippen molar-refractivity contribution in [3.63, 3.8) is 0 Å². The number of ketones is 2. The second kappa shape index (κ2) is 41.1. The minimum atomic E-state index is 0. The molecule has 0 aromatic rings. The van der Waals surface area contributed by atoms with Crippen molar-refractivity contribution in [2.75, 3.05) is 0 Å². The number of Topliss-reactive ketones (excluding diaryl/α,β-unsaturated/α-hetero) is 2. The molecule has 0 saturated carbocycles. The van der Waals surface area contributed by atoms with E-state index < -0.39 is 0 Å². The highest BCUT2D eigenvalue weighted by atomic mass is 16.1. The van der Waals surface area contributed by atoms with E-state index in [4.69, 9.17) is 0 Å². The van der Waals surface area contributed by atoms with Crippen LogP contribution in [0.4, 0.5) is 0 Å². The molecule has 0 aliphatic rings. The molecule has 0 spiro atoms. The Morgan fingerprint density at radius 3 is 0.760 bits per heavy atom. The number of hydrogen-bond donors (Lipinski definition) is 0. The van der Waals surface area contributed by atoms with E-state index in [0.717, 1.165) is 60.7 Å². The van der Waals surface area contributed by atoms with Gasteiger partial charge in [-0.25, -0.2) is 0 Å². The molecular formula is C48H104O2. The van der Waals surface area contributed by atoms with E-state index in [2.05, 4.69) is 69.2 Å². The molecule has 308 valence electrons. The Bertz CT molecular complexity index is 680. The van der Waals surface area contributed by atoms with Crippen molar-refractivity contribution in [3.8, 4) is 0 Å². The van der Waals surface area contributed by atoms with Crippen LogP contribution in [0.1, 0.15) is 254 Å². The van der Waals surface area contributed by atoms with Crippen molar-refractivity contribution in [2.45, 2.75) is 254 Å². The molecule has 50 heavy (non-hydrogen) atoms. The van der Waals surface area contributed by atoms with E-state index in [0.29, 0.717) is 17.5 Å². The van der Waals surface area contributed by atoms with Gasteiger partial charge in [0.15, 0.2) is 0 Å². The molecule has 2 heteroatoms. The molecule has 0 fully saturated rings. The summed E-state index contributed by atoms with van der Waals surface area (Å²) >= 11 is 0. The van der Waals surface area contributed by atoms with Crippen molar-refractivity contribution in [2.24, 2.45) is 47.3 Å². The molecule has 0 aromatic carbocycles. The van der Waals surface area contributed by atoms with Gasteiger partial charge in [0.05, 0.1) is 0 Å². The van der Waals surface area contributed by atoms with Gasteiger partial charge in [0.25, 0.3) is 0 Å². The maximum atomic E-state index is 11.1. The second-order valence-electron chi connectivity index (χ2n) is 17.5. The lowest BCUT2D eigenvalue weighted by molar-refractivity contribution is -0.118. The highest BCUT2D eigenvalue weighted by Crippen LogP contribution is 2.24. The zero-order valence-electron chi connectivity index (χ0n) is 34.0. The Labute approximate surface area is 321 Å². The number of carbonyl (C=O) groups excluding carboxylic acids is 2. The summed E-state index contributed by atoms with van der Waals surface area (Å²) in [5.74, 6) is 7.33. The first-order valence-corrected chi connectivity index (χ1v) is 20.6. The lowest BCUT2D eigenvalue weighted by Gasteiger charge is -2.16. The van der Waals surface area contributed by atoms with Crippen LogP contribution in [0.15, 0.2) is 0 Å². The van der Waals surface area contributed by atoms with E-state index in [9.17, 15) is 9.59 Å². The van der Waals surface area contributed by atoms with E-state index in [-0.39, 0.29) is 29.7 Å². The van der Waals surface area contributed by atoms with Crippen LogP contribution < -0.4 is 0 Å². The smallest absolute Gasteiger partial charge is 0.130 e. The Morgan fingerprint density at radius 1 is 0.320 bits per heavy atom. The zero-order valence-corrected chi connectivity index (χ0v) is 34.0. The summed E-state index contributed by atoms with van der Waals surface area (Å²) in [6, 6.07) is 0. The highest BCUT2D eigenvalue weighted by molar-refractivity contribution is 5.75. The molecule has 0 radical (unpaired) electrons. The summed E-state index contributed by atoms with van der Waals surface area (Å²) < 4.78 is 0. The van der Waals surface area contributed by atoms with Crippen LogP contribution >= 0.6 is 0 Å². The summed E-state index contributed by atoms with van der Waals surface area (Å²) in [7, 11) is 0. The van der Waals surface area contributed by atoms with Crippen molar-refractivity contribution in [1.29, 1.82) is 0 Å². The maximum absolute atomic E-state index is 11.1. The average molecular weight is 713 g/mol. The zero-order chi connectivity index (χ0) is 35.3. The van der Waals surface area contributed by atoms with Crippen LogP contribution in [0.5, 0.6) is 0 Å². The first-order chi connectivity index (χ1) is 21.6. The Balaban J connectivity index is -0.000000180. The molecule has 0 N–H and O–H groups in total. The Hall–Kier alpha value is -0.660. The topological polar surface area (TPSA) is 34.1 Å². The van der Waals surface area contributed by atoms with Gasteiger partial charge >= 0.3 is 0 Å². The van der Waals surface area contributed by atoms with Crippen LogP contribution in [0.25, 0.3) is 0 Å². The minimum Gasteiger partial charge on any atom is -0.300 e. The molecule has 0 bridgehead atoms. The van der Waals surface area contributed by atoms with Crippen LogP contribution in [0.2, 0.25) is 0 Å². The molecule has 0 rings (SSSR count).